The van der Waals surface area contributed by atoms with Crippen molar-refractivity contribution >= 4 is 11.8 Å². The van der Waals surface area contributed by atoms with Gasteiger partial charge in [-0.1, -0.05) is 82.5 Å². The third-order valence-electron chi connectivity index (χ3n) is 8.49. The van der Waals surface area contributed by atoms with Crippen LogP contribution in [0.2, 0.25) is 0 Å². The van der Waals surface area contributed by atoms with Crippen molar-refractivity contribution in [2.75, 3.05) is 31.2 Å². The summed E-state index contributed by atoms with van der Waals surface area (Å²) in [5, 5.41) is 47.5. The number of unbranched alkanes of at least 4 members (excludes halogenated alkanes) is 3. The second-order valence-electron chi connectivity index (χ2n) is 13.2. The van der Waals surface area contributed by atoms with Gasteiger partial charge in [-0.25, -0.2) is 0 Å². The number of ether oxygens (including phenoxy) is 1. The van der Waals surface area contributed by atoms with E-state index in [0.717, 1.165) is 36.9 Å². The van der Waals surface area contributed by atoms with Gasteiger partial charge >= 0.3 is 0 Å². The minimum atomic E-state index is -0.852. The molecule has 0 amide bonds. The molecule has 1 aliphatic carbocycles. The Balaban J connectivity index is 2.02. The fourth-order valence-corrected chi connectivity index (χ4v) is 6.23. The van der Waals surface area contributed by atoms with E-state index in [4.69, 9.17) is 4.74 Å². The van der Waals surface area contributed by atoms with Crippen LogP contribution in [0.25, 0.3) is 6.08 Å². The molecule has 7 nitrogen and oxygen atoms in total. The number of allylic oxidation sites excluding steroid dienone is 8. The zero-order chi connectivity index (χ0) is 33.7. The zero-order valence-corrected chi connectivity index (χ0v) is 28.1. The van der Waals surface area contributed by atoms with Gasteiger partial charge in [-0.05, 0) is 79.4 Å². The van der Waals surface area contributed by atoms with Crippen LogP contribution in [0.1, 0.15) is 85.1 Å². The average molecular weight is 621 g/mol. The topological polar surface area (TPSA) is 124 Å². The minimum Gasteiger partial charge on any atom is -0.480 e. The van der Waals surface area contributed by atoms with Crippen LogP contribution in [0.4, 0.5) is 5.69 Å². The highest BCUT2D eigenvalue weighted by atomic mass is 16.5. The molecular weight excluding hydrogens is 572 g/mol. The second kappa shape index (κ2) is 16.8. The van der Waals surface area contributed by atoms with Gasteiger partial charge in [-0.3, -0.25) is 0 Å². The summed E-state index contributed by atoms with van der Waals surface area (Å²) in [7, 11) is 0. The van der Waals surface area contributed by atoms with Crippen LogP contribution in [-0.2, 0) is 4.74 Å². The Morgan fingerprint density at radius 2 is 1.59 bits per heavy atom. The first kappa shape index (κ1) is 36.1. The molecule has 1 heterocycles. The van der Waals surface area contributed by atoms with Crippen molar-refractivity contribution < 1.29 is 14.9 Å². The number of nitriles is 3. The highest BCUT2D eigenvalue weighted by molar-refractivity contribution is 5.62. The number of hydrogen-bond donors (Lipinski definition) is 2. The fraction of sp³-hybridized carbons (Fsp3) is 0.462. The second-order valence-corrected chi connectivity index (χ2v) is 13.2. The van der Waals surface area contributed by atoms with Gasteiger partial charge in [0.2, 0.25) is 0 Å². The molecule has 0 bridgehead atoms. The quantitative estimate of drug-likeness (QED) is 0.160. The molecule has 2 N–H and O–H groups in total. The van der Waals surface area contributed by atoms with E-state index in [1.165, 1.54) is 36.0 Å². The summed E-state index contributed by atoms with van der Waals surface area (Å²) in [6.45, 7) is 11.5. The third-order valence-corrected chi connectivity index (χ3v) is 8.49. The molecular formula is C39H48N4O3. The average Bonchev–Trinajstić information content (AvgIpc) is 3.28. The molecule has 0 spiro atoms. The van der Waals surface area contributed by atoms with Crippen molar-refractivity contribution in [3.05, 3.63) is 93.3 Å². The summed E-state index contributed by atoms with van der Waals surface area (Å²) in [4.78, 5) is 1.97. The Morgan fingerprint density at radius 3 is 2.17 bits per heavy atom. The lowest BCUT2D eigenvalue weighted by atomic mass is 9.70. The minimum absolute atomic E-state index is 0.0295. The summed E-state index contributed by atoms with van der Waals surface area (Å²) in [6.07, 6.45) is 18.0. The Labute approximate surface area is 275 Å². The standard InChI is InChI=1S/C39H48N4O3/c1-6-7-8-9-12-34-30(11-10-13-36-35(28-42)37(32(26-40)27-41)46-39(36,4)5)24-38(2,3)25-31(34)17-14-29-15-18-33(19-16-29)43(20-22-44)21-23-45/h10-11,13-19,44-45H,6-9,12,20-25H2,1-5H3/b13-10+,17-14+,30-11+. The lowest BCUT2D eigenvalue weighted by Crippen LogP contribution is -2.29. The molecule has 0 unspecified atom stereocenters. The van der Waals surface area contributed by atoms with Gasteiger partial charge in [0, 0.05) is 24.4 Å². The van der Waals surface area contributed by atoms with Crippen molar-refractivity contribution in [1.29, 1.82) is 15.8 Å². The van der Waals surface area contributed by atoms with Gasteiger partial charge in [0.25, 0.3) is 0 Å². The first-order valence-electron chi connectivity index (χ1n) is 16.3. The number of benzene rings is 1. The monoisotopic (exact) mass is 620 g/mol. The summed E-state index contributed by atoms with van der Waals surface area (Å²) >= 11 is 0. The van der Waals surface area contributed by atoms with Crippen LogP contribution < -0.4 is 4.90 Å². The predicted molar refractivity (Wildman–Crippen MR) is 184 cm³/mol. The molecule has 3 rings (SSSR count). The van der Waals surface area contributed by atoms with Crippen molar-refractivity contribution in [2.45, 2.75) is 85.2 Å². The van der Waals surface area contributed by atoms with Gasteiger partial charge in [0.15, 0.2) is 11.3 Å². The van der Waals surface area contributed by atoms with Crippen LogP contribution in [0.3, 0.4) is 0 Å². The summed E-state index contributed by atoms with van der Waals surface area (Å²) in [5.74, 6) is 0.0510. The molecule has 1 aromatic rings. The molecule has 7 heteroatoms. The first-order valence-corrected chi connectivity index (χ1v) is 16.3. The molecule has 0 atom stereocenters. The number of rotatable bonds is 14. The maximum atomic E-state index is 9.93. The van der Waals surface area contributed by atoms with Crippen molar-refractivity contribution in [3.63, 3.8) is 0 Å². The molecule has 0 saturated carbocycles. The van der Waals surface area contributed by atoms with Crippen LogP contribution in [0.15, 0.2) is 87.8 Å². The maximum Gasteiger partial charge on any atom is 0.172 e. The van der Waals surface area contributed by atoms with Crippen molar-refractivity contribution in [3.8, 4) is 18.2 Å². The van der Waals surface area contributed by atoms with E-state index >= 15 is 0 Å². The Kier molecular flexibility index (Phi) is 13.2. The number of aliphatic hydroxyl groups excluding tert-OH is 2. The third kappa shape index (κ3) is 9.34. The van der Waals surface area contributed by atoms with E-state index in [9.17, 15) is 26.0 Å². The van der Waals surface area contributed by atoms with Crippen LogP contribution in [0, 0.1) is 39.4 Å². The predicted octanol–water partition coefficient (Wildman–Crippen LogP) is 7.99. The van der Waals surface area contributed by atoms with Crippen molar-refractivity contribution in [1.82, 2.24) is 0 Å². The lowest BCUT2D eigenvalue weighted by molar-refractivity contribution is 0.0954. The van der Waals surface area contributed by atoms with Gasteiger partial charge in [-0.2, -0.15) is 15.8 Å². The number of hydrogen-bond acceptors (Lipinski definition) is 7. The van der Waals surface area contributed by atoms with E-state index < -0.39 is 5.60 Å². The number of anilines is 1. The van der Waals surface area contributed by atoms with Crippen LogP contribution in [0.5, 0.6) is 0 Å². The Hall–Kier alpha value is -4.35. The van der Waals surface area contributed by atoms with Crippen LogP contribution >= 0.6 is 0 Å². The Morgan fingerprint density at radius 1 is 0.913 bits per heavy atom. The largest absolute Gasteiger partial charge is 0.480 e. The summed E-state index contributed by atoms with van der Waals surface area (Å²) < 4.78 is 5.94. The molecule has 2 aliphatic rings. The number of aliphatic hydroxyl groups is 2. The van der Waals surface area contributed by atoms with E-state index in [1.54, 1.807) is 0 Å². The van der Waals surface area contributed by atoms with Gasteiger partial charge in [0.05, 0.1) is 13.2 Å². The maximum absolute atomic E-state index is 9.93. The zero-order valence-electron chi connectivity index (χ0n) is 28.1. The Bertz CT molecular complexity index is 1530. The fourth-order valence-electron chi connectivity index (χ4n) is 6.23. The summed E-state index contributed by atoms with van der Waals surface area (Å²) in [6, 6.07) is 14.1. The molecule has 242 valence electrons. The molecule has 1 aliphatic heterocycles. The van der Waals surface area contributed by atoms with E-state index in [-0.39, 0.29) is 35.5 Å². The highest BCUT2D eigenvalue weighted by Crippen LogP contribution is 2.45. The van der Waals surface area contributed by atoms with E-state index in [1.807, 2.05) is 55.2 Å². The molecule has 0 aromatic heterocycles. The summed E-state index contributed by atoms with van der Waals surface area (Å²) in [5.41, 5.74) is 5.92. The smallest absolute Gasteiger partial charge is 0.172 e. The molecule has 0 saturated heterocycles. The molecule has 1 aromatic carbocycles. The SMILES string of the molecule is CCCCCCC1=C(/C=C/c2ccc(N(CCO)CCO)cc2)CC(C)(C)C/C1=C\C=C\C1=C(C#N)C(=C(C#N)C#N)OC1(C)C. The van der Waals surface area contributed by atoms with Crippen molar-refractivity contribution in [2.24, 2.45) is 5.41 Å². The lowest BCUT2D eigenvalue weighted by Gasteiger charge is -2.34. The molecule has 46 heavy (non-hydrogen) atoms. The van der Waals surface area contributed by atoms with Gasteiger partial charge < -0.3 is 19.8 Å². The molecule has 0 fully saturated rings. The van der Waals surface area contributed by atoms with Gasteiger partial charge in [0.1, 0.15) is 29.4 Å². The van der Waals surface area contributed by atoms with Gasteiger partial charge in [-0.15, -0.1) is 0 Å². The van der Waals surface area contributed by atoms with Crippen LogP contribution in [-0.4, -0.2) is 42.1 Å². The molecule has 0 radical (unpaired) electrons. The van der Waals surface area contributed by atoms with E-state index in [0.29, 0.717) is 18.7 Å². The first-order chi connectivity index (χ1) is 22.0. The normalized spacial score (nSPS) is 18.2. The van der Waals surface area contributed by atoms with E-state index in [2.05, 4.69) is 57.2 Å². The number of nitrogens with zero attached hydrogens (tertiary/aromatic N) is 4. The highest BCUT2D eigenvalue weighted by Gasteiger charge is 2.38.